The quantitative estimate of drug-likeness (QED) is 0.0888. The Balaban J connectivity index is 0.000000421. The van der Waals surface area contributed by atoms with Crippen molar-refractivity contribution >= 4 is 50.4 Å². The summed E-state index contributed by atoms with van der Waals surface area (Å²) in [5, 5.41) is 3.16. The lowest BCUT2D eigenvalue weighted by Crippen LogP contribution is -2.75. The predicted molar refractivity (Wildman–Crippen MR) is 225 cm³/mol. The highest BCUT2D eigenvalue weighted by atomic mass is 35.5. The molecule has 0 fully saturated rings. The number of nitrogens with zero attached hydrogens (tertiary/aromatic N) is 1. The topological polar surface area (TPSA) is 3.88 Å². The summed E-state index contributed by atoms with van der Waals surface area (Å²) in [5.41, 5.74) is -28.9. The van der Waals surface area contributed by atoms with Crippen molar-refractivity contribution in [1.82, 2.24) is 0 Å². The number of rotatable bonds is 6. The average Bonchev–Trinajstić information content (AvgIpc) is 3.27. The molecular formula is C48H25BClF24N. The minimum atomic E-state index is -6.13. The van der Waals surface area contributed by atoms with Crippen LogP contribution in [0.25, 0.3) is 10.8 Å². The van der Waals surface area contributed by atoms with Crippen molar-refractivity contribution in [2.24, 2.45) is 0 Å². The van der Waals surface area contributed by atoms with Crippen molar-refractivity contribution in [1.29, 1.82) is 0 Å². The van der Waals surface area contributed by atoms with Crippen molar-refractivity contribution in [3.8, 4) is 0 Å². The molecule has 0 atom stereocenters. The molecule has 0 N–H and O–H groups in total. The number of aromatic nitrogens is 1. The number of pyridine rings is 1. The van der Waals surface area contributed by atoms with Crippen molar-refractivity contribution in [3.63, 3.8) is 0 Å². The van der Waals surface area contributed by atoms with Crippen LogP contribution in [-0.2, 0) is 56.0 Å². The Bertz CT molecular complexity index is 2760. The van der Waals surface area contributed by atoms with E-state index >= 15 is 0 Å². The first-order valence-electron chi connectivity index (χ1n) is 20.6. The van der Waals surface area contributed by atoms with Gasteiger partial charge < -0.3 is 0 Å². The van der Waals surface area contributed by atoms with Gasteiger partial charge in [-0.05, 0) is 41.8 Å². The molecule has 1 heterocycles. The molecule has 1 aromatic heterocycles. The molecule has 7 aromatic rings. The number of hydrogen-bond donors (Lipinski definition) is 0. The van der Waals surface area contributed by atoms with Crippen LogP contribution in [0.5, 0.6) is 0 Å². The number of halogens is 25. The third-order valence-electron chi connectivity index (χ3n) is 11.4. The van der Waals surface area contributed by atoms with Gasteiger partial charge in [0, 0.05) is 22.0 Å². The van der Waals surface area contributed by atoms with Crippen LogP contribution in [0, 0.1) is 0 Å². The molecule has 0 unspecified atom stereocenters. The summed E-state index contributed by atoms with van der Waals surface area (Å²) < 4.78 is 343. The average molecular weight is 1120 g/mol. The molecule has 0 aliphatic heterocycles. The Kier molecular flexibility index (Phi) is 15.3. The van der Waals surface area contributed by atoms with Crippen molar-refractivity contribution in [2.75, 3.05) is 0 Å². The maximum atomic E-state index is 14.2. The molecule has 0 aliphatic carbocycles. The first-order chi connectivity index (χ1) is 34.1. The molecule has 0 amide bonds. The largest absolute Gasteiger partial charge is 0.416 e. The first kappa shape index (κ1) is 57.7. The van der Waals surface area contributed by atoms with Gasteiger partial charge in [-0.1, -0.05) is 96.5 Å². The van der Waals surface area contributed by atoms with Gasteiger partial charge in [-0.2, -0.15) is 127 Å². The molecule has 0 spiro atoms. The molecular weight excluding hydrogens is 1090 g/mol. The van der Waals surface area contributed by atoms with E-state index in [0.29, 0.717) is 0 Å². The van der Waals surface area contributed by atoms with Gasteiger partial charge in [-0.15, -0.1) is 0 Å². The Morgan fingerprint density at radius 2 is 0.600 bits per heavy atom. The van der Waals surface area contributed by atoms with Gasteiger partial charge in [0.05, 0.1) is 44.5 Å². The second-order valence-corrected chi connectivity index (χ2v) is 17.0. The summed E-state index contributed by atoms with van der Waals surface area (Å²) in [6, 6.07) is 9.71. The zero-order chi connectivity index (χ0) is 56.3. The molecule has 0 bridgehead atoms. The van der Waals surface area contributed by atoms with Crippen LogP contribution in [0.15, 0.2) is 140 Å². The zero-order valence-corrected chi connectivity index (χ0v) is 37.2. The smallest absolute Gasteiger partial charge is 0.200 e. The van der Waals surface area contributed by atoms with E-state index in [-0.39, 0.29) is 0 Å². The van der Waals surface area contributed by atoms with Crippen LogP contribution < -0.4 is 26.4 Å². The minimum absolute atomic E-state index is 0.691. The summed E-state index contributed by atoms with van der Waals surface area (Å²) in [4.78, 5) is 0. The van der Waals surface area contributed by atoms with Gasteiger partial charge in [-0.3, -0.25) is 0 Å². The normalized spacial score (nSPS) is 13.5. The van der Waals surface area contributed by atoms with Gasteiger partial charge in [0.25, 0.3) is 0 Å². The van der Waals surface area contributed by atoms with E-state index in [1.54, 1.807) is 0 Å². The molecule has 400 valence electrons. The fraction of sp³-hybridized carbons (Fsp3) is 0.188. The fourth-order valence-corrected chi connectivity index (χ4v) is 8.35. The summed E-state index contributed by atoms with van der Waals surface area (Å²) >= 11 is 6.02. The fourth-order valence-electron chi connectivity index (χ4n) is 8.17. The van der Waals surface area contributed by atoms with Crippen LogP contribution in [0.4, 0.5) is 105 Å². The Morgan fingerprint density at radius 3 is 0.867 bits per heavy atom. The molecule has 6 aromatic carbocycles. The van der Waals surface area contributed by atoms with Gasteiger partial charge in [0.1, 0.15) is 6.15 Å². The van der Waals surface area contributed by atoms with E-state index in [1.165, 1.54) is 16.3 Å². The van der Waals surface area contributed by atoms with Gasteiger partial charge in [0.2, 0.25) is 0 Å². The van der Waals surface area contributed by atoms with Crippen LogP contribution in [0.1, 0.15) is 50.1 Å². The molecule has 27 heteroatoms. The van der Waals surface area contributed by atoms with Crippen molar-refractivity contribution in [3.05, 3.63) is 195 Å². The summed E-state index contributed by atoms with van der Waals surface area (Å²) in [6.45, 7) is 0.878. The second-order valence-electron chi connectivity index (χ2n) is 16.6. The molecule has 1 nitrogen and oxygen atoms in total. The predicted octanol–water partition coefficient (Wildman–Crippen LogP) is 15.0. The van der Waals surface area contributed by atoms with E-state index < -0.39 is 195 Å². The Hall–Kier alpha value is -6.60. The van der Waals surface area contributed by atoms with E-state index in [1.807, 2.05) is 24.3 Å². The van der Waals surface area contributed by atoms with Crippen molar-refractivity contribution in [2.45, 2.75) is 56.0 Å². The highest BCUT2D eigenvalue weighted by Gasteiger charge is 2.47. The molecule has 75 heavy (non-hydrogen) atoms. The second kappa shape index (κ2) is 19.8. The third kappa shape index (κ3) is 13.3. The number of hydrogen-bond acceptors (Lipinski definition) is 0. The van der Waals surface area contributed by atoms with E-state index in [2.05, 4.69) is 47.3 Å². The molecule has 0 saturated heterocycles. The first-order valence-corrected chi connectivity index (χ1v) is 20.9. The summed E-state index contributed by atoms with van der Waals surface area (Å²) in [6.07, 6.45) is -50.6. The van der Waals surface area contributed by atoms with Crippen LogP contribution in [-0.4, -0.2) is 6.15 Å². The summed E-state index contributed by atoms with van der Waals surface area (Å²) in [7, 11) is 0. The van der Waals surface area contributed by atoms with E-state index in [4.69, 9.17) is 11.6 Å². The van der Waals surface area contributed by atoms with Crippen LogP contribution in [0.3, 0.4) is 0 Å². The monoisotopic (exact) mass is 1120 g/mol. The maximum Gasteiger partial charge on any atom is 0.416 e. The lowest BCUT2D eigenvalue weighted by Gasteiger charge is -2.46. The number of benzene rings is 6. The van der Waals surface area contributed by atoms with Crippen LogP contribution >= 0.6 is 11.6 Å². The highest BCUT2D eigenvalue weighted by Crippen LogP contribution is 2.41. The maximum absolute atomic E-state index is 14.2. The Labute approximate surface area is 410 Å². The third-order valence-corrected chi connectivity index (χ3v) is 11.7. The SMILES string of the molecule is Clc1ccc2cc[n+](Cc3ccccc3)cc2c1.FC(F)(F)c1cc([B-](c2cc(C(F)(F)F)cc(C(F)(F)F)c2)(c2cc(C(F)(F)F)cc(C(F)(F)F)c2)c2cc(C(F)(F)F)cc(C(F)(F)F)c2)cc(C(F)(F)F)c1. The summed E-state index contributed by atoms with van der Waals surface area (Å²) in [5.74, 6) is 0. The highest BCUT2D eigenvalue weighted by molar-refractivity contribution is 7.20. The van der Waals surface area contributed by atoms with E-state index in [9.17, 15) is 105 Å². The lowest BCUT2D eigenvalue weighted by molar-refractivity contribution is -0.687. The standard InChI is InChI=1S/C32H12BF24.C16H13ClN/c34-25(35,36)13-1-14(26(37,38)39)6-21(5-13)33(22-7-15(27(40,41)42)2-16(8-22)28(43,44)45,23-9-17(29(46,47)48)3-18(10-23)30(49,50)51)24-11-19(31(52,53)54)4-20(12-24)32(55,56)57;17-16-7-6-14-8-9-18(12-15(14)10-16)11-13-4-2-1-3-5-13/h1-12H;1-10,12H,11H2/q-1;+1. The minimum Gasteiger partial charge on any atom is -0.200 e. The van der Waals surface area contributed by atoms with Crippen molar-refractivity contribution < 1.29 is 110 Å². The molecule has 0 radical (unpaired) electrons. The number of fused-ring (bicyclic) bond motifs is 1. The lowest BCUT2D eigenvalue weighted by atomic mass is 9.12. The van der Waals surface area contributed by atoms with Gasteiger partial charge >= 0.3 is 49.4 Å². The van der Waals surface area contributed by atoms with Crippen LogP contribution in [0.2, 0.25) is 5.02 Å². The molecule has 7 rings (SSSR count). The van der Waals surface area contributed by atoms with Gasteiger partial charge in [0.15, 0.2) is 18.9 Å². The van der Waals surface area contributed by atoms with Gasteiger partial charge in [-0.25, -0.2) is 4.57 Å². The molecule has 0 aliphatic rings. The van der Waals surface area contributed by atoms with E-state index in [0.717, 1.165) is 11.6 Å². The molecule has 0 saturated carbocycles. The Morgan fingerprint density at radius 1 is 0.320 bits per heavy atom. The zero-order valence-electron chi connectivity index (χ0n) is 36.5. The number of alkyl halides is 24.